The molecule has 1 saturated carbocycles. The molecule has 0 aromatic carbocycles. The Bertz CT molecular complexity index is 193. The normalized spacial score (nSPS) is 23.4. The maximum atomic E-state index is 11.3. The lowest BCUT2D eigenvalue weighted by Gasteiger charge is -2.45. The van der Waals surface area contributed by atoms with Crippen LogP contribution < -0.4 is 5.73 Å². The highest BCUT2D eigenvalue weighted by Gasteiger charge is 2.42. The Morgan fingerprint density at radius 3 is 2.46 bits per heavy atom. The van der Waals surface area contributed by atoms with Crippen LogP contribution in [0.25, 0.3) is 0 Å². The zero-order valence-electron chi connectivity index (χ0n) is 8.67. The van der Waals surface area contributed by atoms with Crippen LogP contribution in [0.2, 0.25) is 0 Å². The average molecular weight is 185 g/mol. The van der Waals surface area contributed by atoms with E-state index in [1.54, 1.807) is 0 Å². The molecule has 0 aliphatic heterocycles. The third-order valence-electron chi connectivity index (χ3n) is 2.96. The molecular formula is C10H19NO2. The van der Waals surface area contributed by atoms with Crippen LogP contribution in [0.15, 0.2) is 0 Å². The first kappa shape index (κ1) is 10.5. The van der Waals surface area contributed by atoms with E-state index in [1.807, 2.05) is 0 Å². The Kier molecular flexibility index (Phi) is 2.96. The molecule has 0 heterocycles. The van der Waals surface area contributed by atoms with Gasteiger partial charge < -0.3 is 10.5 Å². The fraction of sp³-hybridized carbons (Fsp3) is 0.900. The monoisotopic (exact) mass is 185 g/mol. The van der Waals surface area contributed by atoms with Gasteiger partial charge in [0, 0.05) is 6.54 Å². The first-order valence-corrected chi connectivity index (χ1v) is 4.78. The van der Waals surface area contributed by atoms with E-state index in [0.717, 1.165) is 12.8 Å². The van der Waals surface area contributed by atoms with Gasteiger partial charge in [-0.05, 0) is 24.2 Å². The molecule has 1 rings (SSSR count). The lowest BCUT2D eigenvalue weighted by atomic mass is 9.60. The minimum Gasteiger partial charge on any atom is -0.469 e. The molecule has 1 aliphatic carbocycles. The van der Waals surface area contributed by atoms with Gasteiger partial charge in [0.25, 0.3) is 0 Å². The van der Waals surface area contributed by atoms with Crippen LogP contribution in [0.4, 0.5) is 0 Å². The minimum absolute atomic E-state index is 0.0852. The summed E-state index contributed by atoms with van der Waals surface area (Å²) in [5.41, 5.74) is 5.94. The van der Waals surface area contributed by atoms with Gasteiger partial charge in [0.2, 0.25) is 0 Å². The number of esters is 1. The van der Waals surface area contributed by atoms with Gasteiger partial charge >= 0.3 is 5.97 Å². The summed E-state index contributed by atoms with van der Waals surface area (Å²) in [6.07, 6.45) is 2.17. The third-order valence-corrected chi connectivity index (χ3v) is 2.96. The summed E-state index contributed by atoms with van der Waals surface area (Å²) >= 11 is 0. The van der Waals surface area contributed by atoms with E-state index in [-0.39, 0.29) is 11.9 Å². The lowest BCUT2D eigenvalue weighted by Crippen LogP contribution is -2.42. The van der Waals surface area contributed by atoms with Crippen LogP contribution >= 0.6 is 0 Å². The summed E-state index contributed by atoms with van der Waals surface area (Å²) in [5, 5.41) is 0. The van der Waals surface area contributed by atoms with Gasteiger partial charge in [0.05, 0.1) is 13.0 Å². The Morgan fingerprint density at radius 2 is 2.15 bits per heavy atom. The molecule has 1 atom stereocenters. The number of methoxy groups -OCH3 is 1. The molecule has 1 aliphatic rings. The smallest absolute Gasteiger partial charge is 0.310 e. The van der Waals surface area contributed by atoms with Crippen molar-refractivity contribution in [3.63, 3.8) is 0 Å². The Hall–Kier alpha value is -0.570. The van der Waals surface area contributed by atoms with Crippen molar-refractivity contribution in [1.29, 1.82) is 0 Å². The predicted molar refractivity (Wildman–Crippen MR) is 51.1 cm³/mol. The molecule has 76 valence electrons. The highest BCUT2D eigenvalue weighted by Crippen LogP contribution is 2.48. The van der Waals surface area contributed by atoms with E-state index in [1.165, 1.54) is 7.11 Å². The summed E-state index contributed by atoms with van der Waals surface area (Å²) < 4.78 is 4.71. The average Bonchev–Trinajstić information content (AvgIpc) is 2.02. The zero-order chi connectivity index (χ0) is 10.1. The third kappa shape index (κ3) is 2.21. The molecule has 0 aromatic rings. The number of hydrogen-bond donors (Lipinski definition) is 1. The minimum atomic E-state index is -0.150. The Labute approximate surface area is 79.6 Å². The van der Waals surface area contributed by atoms with Crippen LogP contribution in [0, 0.1) is 17.3 Å². The van der Waals surface area contributed by atoms with Crippen LogP contribution in [0.5, 0.6) is 0 Å². The number of ether oxygens (including phenoxy) is 1. The quantitative estimate of drug-likeness (QED) is 0.671. The number of carbonyl (C=O) groups excluding carboxylic acids is 1. The second-order valence-electron chi connectivity index (χ2n) is 4.70. The molecule has 2 N–H and O–H groups in total. The van der Waals surface area contributed by atoms with Crippen molar-refractivity contribution in [2.75, 3.05) is 13.7 Å². The van der Waals surface area contributed by atoms with Crippen molar-refractivity contribution >= 4 is 5.97 Å². The largest absolute Gasteiger partial charge is 0.469 e. The fourth-order valence-corrected chi connectivity index (χ4v) is 2.28. The lowest BCUT2D eigenvalue weighted by molar-refractivity contribution is -0.150. The second kappa shape index (κ2) is 3.66. The predicted octanol–water partition coefficient (Wildman–Crippen LogP) is 1.17. The van der Waals surface area contributed by atoms with Gasteiger partial charge in [0.15, 0.2) is 0 Å². The topological polar surface area (TPSA) is 52.3 Å². The number of carbonyl (C=O) groups is 1. The van der Waals surface area contributed by atoms with E-state index in [0.29, 0.717) is 17.9 Å². The summed E-state index contributed by atoms with van der Waals surface area (Å²) in [4.78, 5) is 11.3. The molecule has 0 aromatic heterocycles. The molecule has 3 nitrogen and oxygen atoms in total. The molecule has 0 radical (unpaired) electrons. The van der Waals surface area contributed by atoms with Crippen molar-refractivity contribution in [1.82, 2.24) is 0 Å². The Morgan fingerprint density at radius 1 is 1.62 bits per heavy atom. The molecule has 3 heteroatoms. The second-order valence-corrected chi connectivity index (χ2v) is 4.70. The van der Waals surface area contributed by atoms with Gasteiger partial charge in [-0.25, -0.2) is 0 Å². The highest BCUT2D eigenvalue weighted by atomic mass is 16.5. The van der Waals surface area contributed by atoms with E-state index >= 15 is 0 Å². The van der Waals surface area contributed by atoms with Gasteiger partial charge in [-0.1, -0.05) is 13.8 Å². The molecule has 1 fully saturated rings. The van der Waals surface area contributed by atoms with Gasteiger partial charge in [-0.2, -0.15) is 0 Å². The zero-order valence-corrected chi connectivity index (χ0v) is 8.67. The molecule has 1 unspecified atom stereocenters. The molecular weight excluding hydrogens is 166 g/mol. The number of rotatable bonds is 3. The maximum Gasteiger partial charge on any atom is 0.310 e. The van der Waals surface area contributed by atoms with E-state index in [4.69, 9.17) is 10.5 Å². The summed E-state index contributed by atoms with van der Waals surface area (Å²) in [5.74, 6) is 0.202. The standard InChI is InChI=1S/C10H19NO2/c1-10(2)4-7(5-10)8(6-11)9(12)13-3/h7-8H,4-6,11H2,1-3H3. The van der Waals surface area contributed by atoms with Crippen LogP contribution in [-0.4, -0.2) is 19.6 Å². The number of hydrogen-bond acceptors (Lipinski definition) is 3. The van der Waals surface area contributed by atoms with Crippen LogP contribution in [0.1, 0.15) is 26.7 Å². The highest BCUT2D eigenvalue weighted by molar-refractivity contribution is 5.73. The summed E-state index contributed by atoms with van der Waals surface area (Å²) in [6.45, 7) is 4.84. The van der Waals surface area contributed by atoms with Crippen LogP contribution in [0.3, 0.4) is 0 Å². The van der Waals surface area contributed by atoms with Gasteiger partial charge in [-0.15, -0.1) is 0 Å². The fourth-order valence-electron chi connectivity index (χ4n) is 2.28. The summed E-state index contributed by atoms with van der Waals surface area (Å²) in [7, 11) is 1.43. The molecule has 0 saturated heterocycles. The van der Waals surface area contributed by atoms with Crippen LogP contribution in [-0.2, 0) is 9.53 Å². The molecule has 0 bridgehead atoms. The van der Waals surface area contributed by atoms with Crippen molar-refractivity contribution in [2.24, 2.45) is 23.0 Å². The molecule has 13 heavy (non-hydrogen) atoms. The first-order chi connectivity index (χ1) is 6.00. The van der Waals surface area contributed by atoms with E-state index in [9.17, 15) is 4.79 Å². The van der Waals surface area contributed by atoms with E-state index in [2.05, 4.69) is 13.8 Å². The van der Waals surface area contributed by atoms with Gasteiger partial charge in [0.1, 0.15) is 0 Å². The van der Waals surface area contributed by atoms with Crippen molar-refractivity contribution in [3.05, 3.63) is 0 Å². The Balaban J connectivity index is 2.46. The van der Waals surface area contributed by atoms with Gasteiger partial charge in [-0.3, -0.25) is 4.79 Å². The van der Waals surface area contributed by atoms with E-state index < -0.39 is 0 Å². The molecule has 0 amide bonds. The van der Waals surface area contributed by atoms with Crippen molar-refractivity contribution in [3.8, 4) is 0 Å². The maximum absolute atomic E-state index is 11.3. The summed E-state index contributed by atoms with van der Waals surface area (Å²) in [6, 6.07) is 0. The van der Waals surface area contributed by atoms with Crippen molar-refractivity contribution in [2.45, 2.75) is 26.7 Å². The SMILES string of the molecule is COC(=O)C(CN)C1CC(C)(C)C1. The number of nitrogens with two attached hydrogens (primary N) is 1. The molecule has 0 spiro atoms. The first-order valence-electron chi connectivity index (χ1n) is 4.78. The van der Waals surface area contributed by atoms with Crippen molar-refractivity contribution < 1.29 is 9.53 Å².